The van der Waals surface area contributed by atoms with Crippen LogP contribution in [0.4, 0.5) is 0 Å². The molecule has 1 rings (SSSR count). The van der Waals surface area contributed by atoms with Crippen LogP contribution in [0.1, 0.15) is 44.2 Å². The zero-order valence-corrected chi connectivity index (χ0v) is 12.1. The SMILES string of the molecule is Cc1cncc(CNCCC(C)(C)CCC(=O)O)c1. The summed E-state index contributed by atoms with van der Waals surface area (Å²) < 4.78 is 0. The number of hydrogen-bond donors (Lipinski definition) is 2. The van der Waals surface area contributed by atoms with Gasteiger partial charge < -0.3 is 10.4 Å². The molecule has 1 aromatic heterocycles. The van der Waals surface area contributed by atoms with Crippen molar-refractivity contribution in [3.8, 4) is 0 Å². The number of pyridine rings is 1. The fourth-order valence-corrected chi connectivity index (χ4v) is 1.94. The normalized spacial score (nSPS) is 11.5. The molecule has 0 fully saturated rings. The lowest BCUT2D eigenvalue weighted by Crippen LogP contribution is -2.23. The first-order chi connectivity index (χ1) is 8.89. The van der Waals surface area contributed by atoms with Crippen molar-refractivity contribution in [3.63, 3.8) is 0 Å². The van der Waals surface area contributed by atoms with Gasteiger partial charge in [-0.1, -0.05) is 19.9 Å². The number of nitrogens with one attached hydrogen (secondary N) is 1. The zero-order valence-electron chi connectivity index (χ0n) is 12.1. The molecule has 19 heavy (non-hydrogen) atoms. The predicted octanol–water partition coefficient (Wildman–Crippen LogP) is 2.76. The van der Waals surface area contributed by atoms with Gasteiger partial charge in [-0.15, -0.1) is 0 Å². The minimum atomic E-state index is -0.716. The lowest BCUT2D eigenvalue weighted by Gasteiger charge is -2.23. The summed E-state index contributed by atoms with van der Waals surface area (Å²) in [6.07, 6.45) is 5.65. The van der Waals surface area contributed by atoms with Crippen LogP contribution < -0.4 is 5.32 Å². The summed E-state index contributed by atoms with van der Waals surface area (Å²) in [6.45, 7) is 7.97. The van der Waals surface area contributed by atoms with E-state index in [1.807, 2.05) is 19.3 Å². The topological polar surface area (TPSA) is 62.2 Å². The molecule has 0 aliphatic heterocycles. The van der Waals surface area contributed by atoms with E-state index in [1.54, 1.807) is 0 Å². The third kappa shape index (κ3) is 6.91. The second-order valence-corrected chi connectivity index (χ2v) is 5.86. The highest BCUT2D eigenvalue weighted by Gasteiger charge is 2.18. The van der Waals surface area contributed by atoms with E-state index in [9.17, 15) is 4.79 Å². The Bertz CT molecular complexity index is 416. The van der Waals surface area contributed by atoms with Crippen molar-refractivity contribution >= 4 is 5.97 Å². The predicted molar refractivity (Wildman–Crippen MR) is 75.9 cm³/mol. The number of rotatable bonds is 8. The molecule has 106 valence electrons. The van der Waals surface area contributed by atoms with Gasteiger partial charge in [-0.25, -0.2) is 0 Å². The van der Waals surface area contributed by atoms with Gasteiger partial charge in [-0.3, -0.25) is 9.78 Å². The van der Waals surface area contributed by atoms with Crippen molar-refractivity contribution in [3.05, 3.63) is 29.6 Å². The maximum Gasteiger partial charge on any atom is 0.303 e. The third-order valence-corrected chi connectivity index (χ3v) is 3.25. The summed E-state index contributed by atoms with van der Waals surface area (Å²) in [7, 11) is 0. The van der Waals surface area contributed by atoms with Crippen LogP contribution >= 0.6 is 0 Å². The first kappa shape index (κ1) is 15.6. The molecule has 0 saturated carbocycles. The number of aliphatic carboxylic acids is 1. The molecule has 0 unspecified atom stereocenters. The second-order valence-electron chi connectivity index (χ2n) is 5.86. The Labute approximate surface area is 115 Å². The zero-order chi connectivity index (χ0) is 14.3. The number of carboxylic acids is 1. The molecular formula is C15H24N2O2. The van der Waals surface area contributed by atoms with Crippen molar-refractivity contribution in [1.29, 1.82) is 0 Å². The van der Waals surface area contributed by atoms with Crippen molar-refractivity contribution in [1.82, 2.24) is 10.3 Å². The van der Waals surface area contributed by atoms with Crippen LogP contribution in [-0.4, -0.2) is 22.6 Å². The molecule has 0 amide bonds. The first-order valence-electron chi connectivity index (χ1n) is 6.72. The average molecular weight is 264 g/mol. The van der Waals surface area contributed by atoms with Gasteiger partial charge in [0.1, 0.15) is 0 Å². The van der Waals surface area contributed by atoms with Crippen LogP contribution in [0.25, 0.3) is 0 Å². The van der Waals surface area contributed by atoms with E-state index in [4.69, 9.17) is 5.11 Å². The average Bonchev–Trinajstić information content (AvgIpc) is 2.33. The molecule has 1 heterocycles. The van der Waals surface area contributed by atoms with Gasteiger partial charge in [0.05, 0.1) is 0 Å². The highest BCUT2D eigenvalue weighted by molar-refractivity contribution is 5.66. The summed E-state index contributed by atoms with van der Waals surface area (Å²) in [5.74, 6) is -0.716. The maximum atomic E-state index is 10.6. The van der Waals surface area contributed by atoms with Gasteiger partial charge >= 0.3 is 5.97 Å². The standard InChI is InChI=1S/C15H24N2O2/c1-12-8-13(11-17-9-12)10-16-7-6-15(2,3)5-4-14(18)19/h8-9,11,16H,4-7,10H2,1-3H3,(H,18,19). The van der Waals surface area contributed by atoms with Crippen molar-refractivity contribution in [2.45, 2.75) is 46.6 Å². The molecule has 2 N–H and O–H groups in total. The van der Waals surface area contributed by atoms with Crippen LogP contribution in [0.5, 0.6) is 0 Å². The molecule has 4 nitrogen and oxygen atoms in total. The van der Waals surface area contributed by atoms with Crippen LogP contribution in [0.3, 0.4) is 0 Å². The minimum absolute atomic E-state index is 0.0657. The van der Waals surface area contributed by atoms with Crippen molar-refractivity contribution < 1.29 is 9.90 Å². The number of hydrogen-bond acceptors (Lipinski definition) is 3. The lowest BCUT2D eigenvalue weighted by atomic mass is 9.84. The summed E-state index contributed by atoms with van der Waals surface area (Å²) in [4.78, 5) is 14.7. The second kappa shape index (κ2) is 7.24. The van der Waals surface area contributed by atoms with Crippen LogP contribution in [-0.2, 0) is 11.3 Å². The van der Waals surface area contributed by atoms with Gasteiger partial charge in [-0.2, -0.15) is 0 Å². The Morgan fingerprint density at radius 1 is 1.37 bits per heavy atom. The van der Waals surface area contributed by atoms with Gasteiger partial charge in [-0.05, 0) is 42.9 Å². The maximum absolute atomic E-state index is 10.6. The molecule has 4 heteroatoms. The van der Waals surface area contributed by atoms with Crippen molar-refractivity contribution in [2.75, 3.05) is 6.54 Å². The molecule has 0 aromatic carbocycles. The quantitative estimate of drug-likeness (QED) is 0.709. The summed E-state index contributed by atoms with van der Waals surface area (Å²) in [5, 5.41) is 12.1. The van der Waals surface area contributed by atoms with E-state index in [1.165, 1.54) is 11.1 Å². The van der Waals surface area contributed by atoms with E-state index in [0.717, 1.165) is 25.9 Å². The molecular weight excluding hydrogens is 240 g/mol. The monoisotopic (exact) mass is 264 g/mol. The van der Waals surface area contributed by atoms with Crippen molar-refractivity contribution in [2.24, 2.45) is 5.41 Å². The van der Waals surface area contributed by atoms with Crippen LogP contribution in [0, 0.1) is 12.3 Å². The van der Waals surface area contributed by atoms with Crippen LogP contribution in [0.2, 0.25) is 0 Å². The Morgan fingerprint density at radius 3 is 2.74 bits per heavy atom. The highest BCUT2D eigenvalue weighted by Crippen LogP contribution is 2.25. The molecule has 0 aliphatic carbocycles. The minimum Gasteiger partial charge on any atom is -0.481 e. The molecule has 1 aromatic rings. The Morgan fingerprint density at radius 2 is 2.11 bits per heavy atom. The first-order valence-corrected chi connectivity index (χ1v) is 6.72. The van der Waals surface area contributed by atoms with E-state index < -0.39 is 5.97 Å². The van der Waals surface area contributed by atoms with Crippen LogP contribution in [0.15, 0.2) is 18.5 Å². The number of carbonyl (C=O) groups is 1. The van der Waals surface area contributed by atoms with E-state index in [2.05, 4.69) is 30.2 Å². The summed E-state index contributed by atoms with van der Waals surface area (Å²) >= 11 is 0. The number of aromatic nitrogens is 1. The van der Waals surface area contributed by atoms with Gasteiger partial charge in [0.25, 0.3) is 0 Å². The summed E-state index contributed by atoms with van der Waals surface area (Å²) in [5.41, 5.74) is 2.42. The smallest absolute Gasteiger partial charge is 0.303 e. The third-order valence-electron chi connectivity index (χ3n) is 3.25. The largest absolute Gasteiger partial charge is 0.481 e. The molecule has 0 bridgehead atoms. The number of nitrogens with zero attached hydrogens (tertiary/aromatic N) is 1. The molecule has 0 aliphatic rings. The van der Waals surface area contributed by atoms with Gasteiger partial charge in [0.2, 0.25) is 0 Å². The van der Waals surface area contributed by atoms with Gasteiger partial charge in [0.15, 0.2) is 0 Å². The Hall–Kier alpha value is -1.42. The Balaban J connectivity index is 2.24. The lowest BCUT2D eigenvalue weighted by molar-refractivity contribution is -0.137. The van der Waals surface area contributed by atoms with E-state index in [-0.39, 0.29) is 11.8 Å². The Kier molecular flexibility index (Phi) is 5.96. The summed E-state index contributed by atoms with van der Waals surface area (Å²) in [6, 6.07) is 2.12. The fourth-order valence-electron chi connectivity index (χ4n) is 1.94. The molecule has 0 radical (unpaired) electrons. The van der Waals surface area contributed by atoms with E-state index in [0.29, 0.717) is 0 Å². The fraction of sp³-hybridized carbons (Fsp3) is 0.600. The molecule has 0 saturated heterocycles. The number of carboxylic acid groups (broad SMARTS) is 1. The number of aryl methyl sites for hydroxylation is 1. The van der Waals surface area contributed by atoms with Gasteiger partial charge in [0, 0.05) is 25.4 Å². The highest BCUT2D eigenvalue weighted by atomic mass is 16.4. The molecule has 0 spiro atoms. The molecule has 0 atom stereocenters. The van der Waals surface area contributed by atoms with E-state index >= 15 is 0 Å².